The molecule has 1 aliphatic rings. The van der Waals surface area contributed by atoms with Crippen molar-refractivity contribution in [3.63, 3.8) is 0 Å². The highest BCUT2D eigenvalue weighted by Crippen LogP contribution is 2.40. The number of carbonyl (C=O) groups excluding carboxylic acids is 1. The van der Waals surface area contributed by atoms with Crippen molar-refractivity contribution in [3.8, 4) is 0 Å². The van der Waals surface area contributed by atoms with E-state index in [1.54, 1.807) is 19.1 Å². The number of nitrogens with zero attached hydrogens (tertiary/aromatic N) is 3. The second-order valence-corrected chi connectivity index (χ2v) is 7.94. The molecule has 0 bridgehead atoms. The Kier molecular flexibility index (Phi) is 4.51. The van der Waals surface area contributed by atoms with Crippen LogP contribution in [-0.2, 0) is 12.0 Å². The van der Waals surface area contributed by atoms with Gasteiger partial charge in [0.05, 0.1) is 10.7 Å². The maximum absolute atomic E-state index is 13.1. The molecule has 1 aromatic carbocycles. The van der Waals surface area contributed by atoms with Crippen LogP contribution in [0.1, 0.15) is 56.9 Å². The predicted molar refractivity (Wildman–Crippen MR) is 98.1 cm³/mol. The van der Waals surface area contributed by atoms with Crippen LogP contribution in [0.3, 0.4) is 0 Å². The first-order chi connectivity index (χ1) is 12.9. The minimum Gasteiger partial charge on any atom is -0.340 e. The first-order valence-corrected chi connectivity index (χ1v) is 9.61. The fourth-order valence-electron chi connectivity index (χ4n) is 3.22. The Balaban J connectivity index is 1.52. The molecule has 2 heterocycles. The molecule has 4 rings (SSSR count). The molecule has 0 saturated heterocycles. The Hall–Kier alpha value is -2.61. The zero-order valence-electron chi connectivity index (χ0n) is 15.1. The van der Waals surface area contributed by atoms with Crippen molar-refractivity contribution < 1.29 is 13.7 Å². The SMILES string of the molecule is Cc1nc(C2(NC(=O)c3sc(Cc4ccc(F)cc4)nc3C)CCC2)no1. The number of thiazole rings is 1. The van der Waals surface area contributed by atoms with Gasteiger partial charge in [-0.05, 0) is 43.9 Å². The van der Waals surface area contributed by atoms with E-state index in [2.05, 4.69) is 20.4 Å². The first kappa shape index (κ1) is 17.8. The van der Waals surface area contributed by atoms with Crippen molar-refractivity contribution in [2.45, 2.75) is 45.1 Å². The summed E-state index contributed by atoms with van der Waals surface area (Å²) in [4.78, 5) is 22.3. The minimum absolute atomic E-state index is 0.169. The molecule has 0 atom stereocenters. The van der Waals surface area contributed by atoms with Crippen molar-refractivity contribution in [2.24, 2.45) is 0 Å². The van der Waals surface area contributed by atoms with Crippen molar-refractivity contribution >= 4 is 17.2 Å². The maximum atomic E-state index is 13.1. The summed E-state index contributed by atoms with van der Waals surface area (Å²) in [6.45, 7) is 3.56. The number of rotatable bonds is 5. The predicted octanol–water partition coefficient (Wildman–Crippen LogP) is 3.68. The third-order valence-corrected chi connectivity index (χ3v) is 5.99. The molecule has 1 saturated carbocycles. The molecule has 3 aromatic rings. The lowest BCUT2D eigenvalue weighted by Gasteiger charge is -2.39. The number of benzene rings is 1. The number of amides is 1. The van der Waals surface area contributed by atoms with E-state index in [-0.39, 0.29) is 11.7 Å². The van der Waals surface area contributed by atoms with E-state index < -0.39 is 5.54 Å². The number of aromatic nitrogens is 3. The van der Waals surface area contributed by atoms with Crippen molar-refractivity contribution in [2.75, 3.05) is 0 Å². The van der Waals surface area contributed by atoms with Crippen molar-refractivity contribution in [1.29, 1.82) is 0 Å². The normalized spacial score (nSPS) is 15.4. The van der Waals surface area contributed by atoms with E-state index in [1.165, 1.54) is 23.5 Å². The number of nitrogens with one attached hydrogen (secondary N) is 1. The van der Waals surface area contributed by atoms with E-state index >= 15 is 0 Å². The van der Waals surface area contributed by atoms with Gasteiger partial charge in [0, 0.05) is 13.3 Å². The Labute approximate surface area is 159 Å². The third-order valence-electron chi connectivity index (χ3n) is 4.83. The summed E-state index contributed by atoms with van der Waals surface area (Å²) >= 11 is 1.36. The van der Waals surface area contributed by atoms with Crippen LogP contribution >= 0.6 is 11.3 Å². The van der Waals surface area contributed by atoms with E-state index in [4.69, 9.17) is 4.52 Å². The number of carbonyl (C=O) groups is 1. The van der Waals surface area contributed by atoms with Gasteiger partial charge in [0.2, 0.25) is 5.89 Å². The van der Waals surface area contributed by atoms with Gasteiger partial charge in [-0.25, -0.2) is 9.37 Å². The summed E-state index contributed by atoms with van der Waals surface area (Å²) in [5.74, 6) is 0.587. The average Bonchev–Trinajstić information content (AvgIpc) is 3.19. The lowest BCUT2D eigenvalue weighted by molar-refractivity contribution is 0.0808. The summed E-state index contributed by atoms with van der Waals surface area (Å²) < 4.78 is 18.1. The Morgan fingerprint density at radius 1 is 1.26 bits per heavy atom. The molecule has 0 spiro atoms. The largest absolute Gasteiger partial charge is 0.340 e. The van der Waals surface area contributed by atoms with Crippen LogP contribution < -0.4 is 5.32 Å². The Morgan fingerprint density at radius 2 is 2.00 bits per heavy atom. The van der Waals surface area contributed by atoms with Crippen LogP contribution in [0.25, 0.3) is 0 Å². The molecule has 1 fully saturated rings. The molecular weight excluding hydrogens is 367 g/mol. The topological polar surface area (TPSA) is 80.9 Å². The monoisotopic (exact) mass is 386 g/mol. The van der Waals surface area contributed by atoms with E-state index in [9.17, 15) is 9.18 Å². The van der Waals surface area contributed by atoms with Crippen LogP contribution in [0.15, 0.2) is 28.8 Å². The zero-order valence-corrected chi connectivity index (χ0v) is 15.9. The van der Waals surface area contributed by atoms with Gasteiger partial charge in [-0.1, -0.05) is 17.3 Å². The van der Waals surface area contributed by atoms with Crippen LogP contribution in [0.5, 0.6) is 0 Å². The molecule has 0 radical (unpaired) electrons. The fourth-order valence-corrected chi connectivity index (χ4v) is 4.21. The highest BCUT2D eigenvalue weighted by Gasteiger charge is 2.44. The van der Waals surface area contributed by atoms with Gasteiger partial charge in [0.1, 0.15) is 16.2 Å². The standard InChI is InChI=1S/C19H19FN4O2S/c1-11-16(27-15(21-11)10-13-4-6-14(20)7-5-13)17(25)23-19(8-3-9-19)18-22-12(2)26-24-18/h4-7H,3,8-10H2,1-2H3,(H,23,25). The minimum atomic E-state index is -0.553. The summed E-state index contributed by atoms with van der Waals surface area (Å²) in [5.41, 5.74) is 1.09. The van der Waals surface area contributed by atoms with Gasteiger partial charge >= 0.3 is 0 Å². The quantitative estimate of drug-likeness (QED) is 0.723. The zero-order chi connectivity index (χ0) is 19.0. The summed E-state index contributed by atoms with van der Waals surface area (Å²) in [7, 11) is 0. The van der Waals surface area contributed by atoms with Crippen molar-refractivity contribution in [1.82, 2.24) is 20.4 Å². The van der Waals surface area contributed by atoms with Gasteiger partial charge in [-0.3, -0.25) is 4.79 Å². The highest BCUT2D eigenvalue weighted by atomic mass is 32.1. The van der Waals surface area contributed by atoms with Gasteiger partial charge in [-0.2, -0.15) is 4.98 Å². The Morgan fingerprint density at radius 3 is 2.59 bits per heavy atom. The lowest BCUT2D eigenvalue weighted by atomic mass is 9.76. The number of hydrogen-bond donors (Lipinski definition) is 1. The molecule has 1 N–H and O–H groups in total. The van der Waals surface area contributed by atoms with Crippen LogP contribution in [0.2, 0.25) is 0 Å². The maximum Gasteiger partial charge on any atom is 0.264 e. The second kappa shape index (κ2) is 6.84. The third kappa shape index (κ3) is 3.49. The van der Waals surface area contributed by atoms with Crippen LogP contribution in [-0.4, -0.2) is 21.0 Å². The fraction of sp³-hybridized carbons (Fsp3) is 0.368. The van der Waals surface area contributed by atoms with E-state index in [0.29, 0.717) is 28.7 Å². The van der Waals surface area contributed by atoms with E-state index in [1.807, 2.05) is 6.92 Å². The lowest BCUT2D eigenvalue weighted by Crippen LogP contribution is -2.51. The highest BCUT2D eigenvalue weighted by molar-refractivity contribution is 7.13. The number of halogens is 1. The molecule has 1 aliphatic carbocycles. The van der Waals surface area contributed by atoms with Gasteiger partial charge in [-0.15, -0.1) is 11.3 Å². The van der Waals surface area contributed by atoms with Crippen LogP contribution in [0.4, 0.5) is 4.39 Å². The molecule has 2 aromatic heterocycles. The first-order valence-electron chi connectivity index (χ1n) is 8.79. The molecule has 0 aliphatic heterocycles. The molecule has 140 valence electrons. The smallest absolute Gasteiger partial charge is 0.264 e. The summed E-state index contributed by atoms with van der Waals surface area (Å²) in [5, 5.41) is 7.92. The number of aryl methyl sites for hydroxylation is 2. The Bertz CT molecular complexity index is 976. The number of hydrogen-bond acceptors (Lipinski definition) is 6. The summed E-state index contributed by atoms with van der Waals surface area (Å²) in [6.07, 6.45) is 3.15. The molecule has 0 unspecified atom stereocenters. The van der Waals surface area contributed by atoms with Gasteiger partial charge in [0.25, 0.3) is 5.91 Å². The molecule has 6 nitrogen and oxygen atoms in total. The average molecular weight is 386 g/mol. The van der Waals surface area contributed by atoms with Gasteiger partial charge < -0.3 is 9.84 Å². The molecule has 8 heteroatoms. The van der Waals surface area contributed by atoms with Crippen LogP contribution in [0, 0.1) is 19.7 Å². The molecule has 1 amide bonds. The molecular formula is C19H19FN4O2S. The van der Waals surface area contributed by atoms with Crippen molar-refractivity contribution in [3.05, 3.63) is 62.9 Å². The second-order valence-electron chi connectivity index (χ2n) is 6.85. The molecule has 27 heavy (non-hydrogen) atoms. The summed E-state index contributed by atoms with van der Waals surface area (Å²) in [6, 6.07) is 6.31. The van der Waals surface area contributed by atoms with E-state index in [0.717, 1.165) is 29.8 Å². The van der Waals surface area contributed by atoms with Gasteiger partial charge in [0.15, 0.2) is 5.82 Å².